The van der Waals surface area contributed by atoms with Gasteiger partial charge in [-0.25, -0.2) is 0 Å². The van der Waals surface area contributed by atoms with E-state index in [9.17, 15) is 0 Å². The number of benzene rings is 2. The Hall–Kier alpha value is -1.58. The molecule has 3 rings (SSSR count). The maximum Gasteiger partial charge on any atom is 0.126 e. The summed E-state index contributed by atoms with van der Waals surface area (Å²) >= 11 is 0. The molecule has 0 bridgehead atoms. The smallest absolute Gasteiger partial charge is 0.126 e. The summed E-state index contributed by atoms with van der Waals surface area (Å²) in [4.78, 5) is 2.60. The number of hydrogen-bond donors (Lipinski definition) is 1. The van der Waals surface area contributed by atoms with Gasteiger partial charge in [0.2, 0.25) is 0 Å². The molecule has 1 N–H and O–H groups in total. The SMILES string of the molecule is CCCN(Cc1ccc(OC)c2ccccc12)C1CNC1. The van der Waals surface area contributed by atoms with Crippen molar-refractivity contribution in [3.63, 3.8) is 0 Å². The number of methoxy groups -OCH3 is 1. The fraction of sp³-hybridized carbons (Fsp3) is 0.444. The van der Waals surface area contributed by atoms with Gasteiger partial charge in [0.05, 0.1) is 7.11 Å². The second-order valence-electron chi connectivity index (χ2n) is 5.76. The number of rotatable bonds is 6. The van der Waals surface area contributed by atoms with Crippen molar-refractivity contribution in [3.05, 3.63) is 42.0 Å². The van der Waals surface area contributed by atoms with E-state index in [1.165, 1.54) is 22.8 Å². The molecule has 3 nitrogen and oxygen atoms in total. The summed E-state index contributed by atoms with van der Waals surface area (Å²) in [7, 11) is 1.74. The second kappa shape index (κ2) is 6.46. The molecule has 0 saturated carbocycles. The van der Waals surface area contributed by atoms with E-state index in [-0.39, 0.29) is 0 Å². The highest BCUT2D eigenvalue weighted by molar-refractivity contribution is 5.91. The number of hydrogen-bond acceptors (Lipinski definition) is 3. The molecule has 1 aliphatic heterocycles. The van der Waals surface area contributed by atoms with Gasteiger partial charge >= 0.3 is 0 Å². The van der Waals surface area contributed by atoms with E-state index >= 15 is 0 Å². The highest BCUT2D eigenvalue weighted by Crippen LogP contribution is 2.29. The molecular formula is C18H24N2O. The van der Waals surface area contributed by atoms with Crippen LogP contribution in [0, 0.1) is 0 Å². The van der Waals surface area contributed by atoms with E-state index in [1.54, 1.807) is 7.11 Å². The lowest BCUT2D eigenvalue weighted by atomic mass is 10.0. The van der Waals surface area contributed by atoms with Gasteiger partial charge in [-0.1, -0.05) is 37.3 Å². The van der Waals surface area contributed by atoms with Crippen LogP contribution < -0.4 is 10.1 Å². The van der Waals surface area contributed by atoms with Gasteiger partial charge in [-0.15, -0.1) is 0 Å². The van der Waals surface area contributed by atoms with Crippen LogP contribution in [0.25, 0.3) is 10.8 Å². The number of fused-ring (bicyclic) bond motifs is 1. The summed E-state index contributed by atoms with van der Waals surface area (Å²) in [5.74, 6) is 0.960. The van der Waals surface area contributed by atoms with E-state index in [0.29, 0.717) is 6.04 Å². The minimum Gasteiger partial charge on any atom is -0.496 e. The third kappa shape index (κ3) is 2.89. The zero-order valence-corrected chi connectivity index (χ0v) is 12.9. The molecule has 1 saturated heterocycles. The molecule has 2 aromatic rings. The largest absolute Gasteiger partial charge is 0.496 e. The van der Waals surface area contributed by atoms with Crippen LogP contribution in [0.1, 0.15) is 18.9 Å². The molecule has 0 aromatic heterocycles. The highest BCUT2D eigenvalue weighted by atomic mass is 16.5. The quantitative estimate of drug-likeness (QED) is 0.882. The van der Waals surface area contributed by atoms with Crippen molar-refractivity contribution in [2.75, 3.05) is 26.7 Å². The predicted molar refractivity (Wildman–Crippen MR) is 87.9 cm³/mol. The average Bonchev–Trinajstić information content (AvgIpc) is 2.46. The first-order valence-electron chi connectivity index (χ1n) is 7.83. The molecule has 0 atom stereocenters. The average molecular weight is 284 g/mol. The summed E-state index contributed by atoms with van der Waals surface area (Å²) in [6.45, 7) is 6.67. The number of nitrogens with one attached hydrogen (secondary N) is 1. The van der Waals surface area contributed by atoms with Gasteiger partial charge < -0.3 is 10.1 Å². The van der Waals surface area contributed by atoms with Crippen molar-refractivity contribution in [3.8, 4) is 5.75 Å². The summed E-state index contributed by atoms with van der Waals surface area (Å²) < 4.78 is 5.49. The van der Waals surface area contributed by atoms with Gasteiger partial charge in [0.15, 0.2) is 0 Å². The van der Waals surface area contributed by atoms with Gasteiger partial charge in [0.1, 0.15) is 5.75 Å². The Morgan fingerprint density at radius 1 is 1.14 bits per heavy atom. The van der Waals surface area contributed by atoms with Gasteiger partial charge in [0.25, 0.3) is 0 Å². The Labute approximate surface area is 126 Å². The molecule has 0 unspecified atom stereocenters. The van der Waals surface area contributed by atoms with Crippen LogP contribution in [0.5, 0.6) is 5.75 Å². The summed E-state index contributed by atoms with van der Waals surface area (Å²) in [6.07, 6.45) is 1.20. The van der Waals surface area contributed by atoms with E-state index in [0.717, 1.165) is 31.9 Å². The molecule has 112 valence electrons. The molecule has 21 heavy (non-hydrogen) atoms. The maximum atomic E-state index is 5.49. The van der Waals surface area contributed by atoms with Crippen molar-refractivity contribution in [1.82, 2.24) is 10.2 Å². The lowest BCUT2D eigenvalue weighted by Crippen LogP contribution is -2.56. The standard InChI is InChI=1S/C18H24N2O/c1-3-10-20(15-11-19-12-15)13-14-8-9-18(21-2)17-7-5-4-6-16(14)17/h4-9,15,19H,3,10-13H2,1-2H3. The Kier molecular flexibility index (Phi) is 4.42. The fourth-order valence-corrected chi connectivity index (χ4v) is 3.08. The van der Waals surface area contributed by atoms with Gasteiger partial charge in [-0.2, -0.15) is 0 Å². The van der Waals surface area contributed by atoms with E-state index in [2.05, 4.69) is 53.5 Å². The maximum absolute atomic E-state index is 5.49. The molecule has 0 spiro atoms. The van der Waals surface area contributed by atoms with Crippen molar-refractivity contribution < 1.29 is 4.74 Å². The van der Waals surface area contributed by atoms with Gasteiger partial charge in [-0.05, 0) is 30.0 Å². The van der Waals surface area contributed by atoms with Crippen LogP contribution in [0.15, 0.2) is 36.4 Å². The third-order valence-corrected chi connectivity index (χ3v) is 4.35. The fourth-order valence-electron chi connectivity index (χ4n) is 3.08. The van der Waals surface area contributed by atoms with E-state index in [4.69, 9.17) is 4.74 Å². The first kappa shape index (κ1) is 14.4. The molecule has 1 aliphatic rings. The van der Waals surface area contributed by atoms with Crippen LogP contribution in [-0.4, -0.2) is 37.7 Å². The topological polar surface area (TPSA) is 24.5 Å². The van der Waals surface area contributed by atoms with Crippen molar-refractivity contribution in [2.45, 2.75) is 25.9 Å². The number of nitrogens with zero attached hydrogens (tertiary/aromatic N) is 1. The second-order valence-corrected chi connectivity index (χ2v) is 5.76. The van der Waals surface area contributed by atoms with Crippen molar-refractivity contribution in [1.29, 1.82) is 0 Å². The third-order valence-electron chi connectivity index (χ3n) is 4.35. The predicted octanol–water partition coefficient (Wildman–Crippen LogP) is 3.03. The van der Waals surface area contributed by atoms with Crippen LogP contribution >= 0.6 is 0 Å². The van der Waals surface area contributed by atoms with Crippen LogP contribution in [-0.2, 0) is 6.54 Å². The van der Waals surface area contributed by atoms with Gasteiger partial charge in [0, 0.05) is 31.1 Å². The van der Waals surface area contributed by atoms with Crippen LogP contribution in [0.3, 0.4) is 0 Å². The molecule has 0 amide bonds. The summed E-state index contributed by atoms with van der Waals surface area (Å²) in [5.41, 5.74) is 1.40. The van der Waals surface area contributed by atoms with Crippen molar-refractivity contribution in [2.24, 2.45) is 0 Å². The van der Waals surface area contributed by atoms with Crippen LogP contribution in [0.2, 0.25) is 0 Å². The molecular weight excluding hydrogens is 260 g/mol. The molecule has 1 heterocycles. The lowest BCUT2D eigenvalue weighted by molar-refractivity contribution is 0.138. The highest BCUT2D eigenvalue weighted by Gasteiger charge is 2.24. The Morgan fingerprint density at radius 2 is 1.90 bits per heavy atom. The van der Waals surface area contributed by atoms with Crippen molar-refractivity contribution >= 4 is 10.8 Å². The van der Waals surface area contributed by atoms with Crippen LogP contribution in [0.4, 0.5) is 0 Å². The molecule has 3 heteroatoms. The zero-order chi connectivity index (χ0) is 14.7. The Bertz CT molecular complexity index is 607. The van der Waals surface area contributed by atoms with E-state index < -0.39 is 0 Å². The molecule has 2 aromatic carbocycles. The molecule has 0 aliphatic carbocycles. The normalized spacial score (nSPS) is 15.4. The first-order chi connectivity index (χ1) is 10.3. The van der Waals surface area contributed by atoms with E-state index in [1.807, 2.05) is 0 Å². The first-order valence-corrected chi connectivity index (χ1v) is 7.83. The Balaban J connectivity index is 1.92. The molecule has 1 fully saturated rings. The summed E-state index contributed by atoms with van der Waals surface area (Å²) in [6, 6.07) is 13.5. The minimum absolute atomic E-state index is 0.686. The minimum atomic E-state index is 0.686. The Morgan fingerprint density at radius 3 is 2.52 bits per heavy atom. The zero-order valence-electron chi connectivity index (χ0n) is 12.9. The number of ether oxygens (including phenoxy) is 1. The van der Waals surface area contributed by atoms with Gasteiger partial charge in [-0.3, -0.25) is 4.90 Å². The molecule has 0 radical (unpaired) electrons. The summed E-state index contributed by atoms with van der Waals surface area (Å²) in [5, 5.41) is 5.90. The lowest BCUT2D eigenvalue weighted by Gasteiger charge is -2.38. The monoisotopic (exact) mass is 284 g/mol.